The highest BCUT2D eigenvalue weighted by Crippen LogP contribution is 2.35. The van der Waals surface area contributed by atoms with Crippen LogP contribution in [0.5, 0.6) is 11.5 Å². The van der Waals surface area contributed by atoms with Crippen molar-refractivity contribution in [1.29, 1.82) is 0 Å². The summed E-state index contributed by atoms with van der Waals surface area (Å²) in [6.45, 7) is 5.05. The minimum atomic E-state index is -0.0748. The van der Waals surface area contributed by atoms with Crippen LogP contribution in [0.25, 0.3) is 22.1 Å². The normalized spacial score (nSPS) is 17.6. The Morgan fingerprint density at radius 1 is 1.17 bits per heavy atom. The molecule has 1 aromatic carbocycles. The number of methoxy groups -OCH3 is 2. The van der Waals surface area contributed by atoms with Gasteiger partial charge in [-0.1, -0.05) is 6.07 Å². The van der Waals surface area contributed by atoms with Gasteiger partial charge in [0.1, 0.15) is 11.3 Å². The van der Waals surface area contributed by atoms with Crippen LogP contribution < -0.4 is 15.0 Å². The minimum Gasteiger partial charge on any atom is -0.493 e. The third kappa shape index (κ3) is 3.63. The molecular formula is C22H26N2O5. The molecule has 0 N–H and O–H groups in total. The Bertz CT molecular complexity index is 1080. The molecule has 0 radical (unpaired) electrons. The molecule has 1 aliphatic rings. The van der Waals surface area contributed by atoms with Gasteiger partial charge in [-0.05, 0) is 30.7 Å². The van der Waals surface area contributed by atoms with Crippen LogP contribution >= 0.6 is 0 Å². The molecule has 1 saturated heterocycles. The number of morpholine rings is 1. The van der Waals surface area contributed by atoms with Gasteiger partial charge in [-0.2, -0.15) is 0 Å². The minimum absolute atomic E-state index is 0.0748. The standard InChI is InChI=1S/C22H26N2O5/c1-14-13-28-8-7-24(14)11-16-10-17-21(29-16)18(12-23(2)22(17)25)15-5-6-19(26-3)20(9-15)27-4/h5-6,9-10,12,14H,7-8,11,13H2,1-4H3. The molecule has 0 saturated carbocycles. The summed E-state index contributed by atoms with van der Waals surface area (Å²) in [6, 6.07) is 7.86. The first-order valence-electron chi connectivity index (χ1n) is 9.68. The van der Waals surface area contributed by atoms with Crippen molar-refractivity contribution in [3.63, 3.8) is 0 Å². The molecule has 0 aliphatic carbocycles. The van der Waals surface area contributed by atoms with Gasteiger partial charge in [0.05, 0.1) is 39.4 Å². The van der Waals surface area contributed by atoms with E-state index in [4.69, 9.17) is 18.6 Å². The van der Waals surface area contributed by atoms with Crippen LogP contribution in [-0.2, 0) is 18.3 Å². The predicted octanol–water partition coefficient (Wildman–Crippen LogP) is 3.04. The number of aromatic nitrogens is 1. The second-order valence-electron chi connectivity index (χ2n) is 7.38. The zero-order chi connectivity index (χ0) is 20.5. The Labute approximate surface area is 169 Å². The Hall–Kier alpha value is -2.77. The van der Waals surface area contributed by atoms with Crippen molar-refractivity contribution in [2.45, 2.75) is 19.5 Å². The van der Waals surface area contributed by atoms with E-state index in [9.17, 15) is 4.79 Å². The van der Waals surface area contributed by atoms with Crippen LogP contribution in [0.1, 0.15) is 12.7 Å². The van der Waals surface area contributed by atoms with Gasteiger partial charge in [0, 0.05) is 31.4 Å². The quantitative estimate of drug-likeness (QED) is 0.658. The van der Waals surface area contributed by atoms with E-state index < -0.39 is 0 Å². The van der Waals surface area contributed by atoms with Crippen LogP contribution in [0.3, 0.4) is 0 Å². The summed E-state index contributed by atoms with van der Waals surface area (Å²) < 4.78 is 24.1. The van der Waals surface area contributed by atoms with Crippen LogP contribution in [-0.4, -0.2) is 49.5 Å². The summed E-state index contributed by atoms with van der Waals surface area (Å²) in [7, 11) is 4.96. The number of ether oxygens (including phenoxy) is 3. The fourth-order valence-corrected chi connectivity index (χ4v) is 3.79. The molecule has 2 aromatic heterocycles. The monoisotopic (exact) mass is 398 g/mol. The molecule has 1 aliphatic heterocycles. The van der Waals surface area contributed by atoms with E-state index in [2.05, 4.69) is 11.8 Å². The lowest BCUT2D eigenvalue weighted by atomic mass is 10.1. The molecule has 7 heteroatoms. The molecule has 0 bridgehead atoms. The molecule has 29 heavy (non-hydrogen) atoms. The Morgan fingerprint density at radius 3 is 2.69 bits per heavy atom. The average Bonchev–Trinajstić information content (AvgIpc) is 3.16. The zero-order valence-corrected chi connectivity index (χ0v) is 17.2. The van der Waals surface area contributed by atoms with Crippen molar-refractivity contribution in [3.05, 3.63) is 46.6 Å². The van der Waals surface area contributed by atoms with Gasteiger partial charge in [-0.25, -0.2) is 0 Å². The number of rotatable bonds is 5. The lowest BCUT2D eigenvalue weighted by molar-refractivity contribution is -0.00689. The summed E-state index contributed by atoms with van der Waals surface area (Å²) in [4.78, 5) is 15.0. The molecule has 4 rings (SSSR count). The lowest BCUT2D eigenvalue weighted by Crippen LogP contribution is -2.42. The van der Waals surface area contributed by atoms with E-state index >= 15 is 0 Å². The van der Waals surface area contributed by atoms with Crippen LogP contribution in [0.4, 0.5) is 0 Å². The first-order valence-corrected chi connectivity index (χ1v) is 9.68. The highest BCUT2D eigenvalue weighted by molar-refractivity contribution is 5.92. The van der Waals surface area contributed by atoms with Gasteiger partial charge in [0.2, 0.25) is 0 Å². The van der Waals surface area contributed by atoms with Crippen molar-refractivity contribution in [1.82, 2.24) is 9.47 Å². The lowest BCUT2D eigenvalue weighted by Gasteiger charge is -2.32. The molecule has 1 atom stereocenters. The third-order valence-electron chi connectivity index (χ3n) is 5.46. The van der Waals surface area contributed by atoms with E-state index in [1.807, 2.05) is 24.3 Å². The van der Waals surface area contributed by atoms with Crippen molar-refractivity contribution in [3.8, 4) is 22.6 Å². The second-order valence-corrected chi connectivity index (χ2v) is 7.38. The Kier molecular flexibility index (Phi) is 5.34. The molecule has 154 valence electrons. The fourth-order valence-electron chi connectivity index (χ4n) is 3.79. The van der Waals surface area contributed by atoms with Crippen LogP contribution in [0.15, 0.2) is 39.7 Å². The maximum atomic E-state index is 12.7. The summed E-state index contributed by atoms with van der Waals surface area (Å²) in [6.07, 6.45) is 1.80. The number of nitrogens with zero attached hydrogens (tertiary/aromatic N) is 2. The van der Waals surface area contributed by atoms with E-state index in [1.165, 1.54) is 0 Å². The van der Waals surface area contributed by atoms with Gasteiger partial charge < -0.3 is 23.2 Å². The first kappa shape index (κ1) is 19.5. The number of fused-ring (bicyclic) bond motifs is 1. The number of furan rings is 1. The van der Waals surface area contributed by atoms with E-state index in [0.29, 0.717) is 48.3 Å². The summed E-state index contributed by atoms with van der Waals surface area (Å²) >= 11 is 0. The molecule has 0 amide bonds. The summed E-state index contributed by atoms with van der Waals surface area (Å²) in [5, 5.41) is 0.579. The van der Waals surface area contributed by atoms with Crippen molar-refractivity contribution < 1.29 is 18.6 Å². The highest BCUT2D eigenvalue weighted by atomic mass is 16.5. The molecule has 0 spiro atoms. The summed E-state index contributed by atoms with van der Waals surface area (Å²) in [5.74, 6) is 2.05. The number of hydrogen-bond acceptors (Lipinski definition) is 6. The van der Waals surface area contributed by atoms with E-state index in [1.54, 1.807) is 32.0 Å². The smallest absolute Gasteiger partial charge is 0.261 e. The van der Waals surface area contributed by atoms with Gasteiger partial charge in [0.25, 0.3) is 5.56 Å². The molecule has 7 nitrogen and oxygen atoms in total. The van der Waals surface area contributed by atoms with Gasteiger partial charge in [-0.3, -0.25) is 9.69 Å². The van der Waals surface area contributed by atoms with Crippen LogP contribution in [0.2, 0.25) is 0 Å². The van der Waals surface area contributed by atoms with Crippen LogP contribution in [0, 0.1) is 0 Å². The topological polar surface area (TPSA) is 66.1 Å². The average molecular weight is 398 g/mol. The molecular weight excluding hydrogens is 372 g/mol. The van der Waals surface area contributed by atoms with Gasteiger partial charge >= 0.3 is 0 Å². The van der Waals surface area contributed by atoms with Crippen molar-refractivity contribution in [2.75, 3.05) is 34.0 Å². The predicted molar refractivity (Wildman–Crippen MR) is 111 cm³/mol. The first-order chi connectivity index (χ1) is 14.0. The number of hydrogen-bond donors (Lipinski definition) is 0. The number of pyridine rings is 1. The van der Waals surface area contributed by atoms with E-state index in [0.717, 1.165) is 23.4 Å². The fraction of sp³-hybridized carbons (Fsp3) is 0.409. The Morgan fingerprint density at radius 2 is 1.97 bits per heavy atom. The van der Waals surface area contributed by atoms with E-state index in [-0.39, 0.29) is 5.56 Å². The van der Waals surface area contributed by atoms with Crippen molar-refractivity contribution >= 4 is 11.0 Å². The molecule has 3 heterocycles. The highest BCUT2D eigenvalue weighted by Gasteiger charge is 2.22. The summed E-state index contributed by atoms with van der Waals surface area (Å²) in [5.41, 5.74) is 2.25. The largest absolute Gasteiger partial charge is 0.493 e. The number of aryl methyl sites for hydroxylation is 1. The maximum Gasteiger partial charge on any atom is 0.261 e. The van der Waals surface area contributed by atoms with Gasteiger partial charge in [0.15, 0.2) is 11.5 Å². The third-order valence-corrected chi connectivity index (χ3v) is 5.46. The SMILES string of the molecule is COc1ccc(-c2cn(C)c(=O)c3cc(CN4CCOCC4C)oc23)cc1OC. The second kappa shape index (κ2) is 7.93. The zero-order valence-electron chi connectivity index (χ0n) is 17.2. The van der Waals surface area contributed by atoms with Crippen molar-refractivity contribution in [2.24, 2.45) is 7.05 Å². The molecule has 1 fully saturated rings. The maximum absolute atomic E-state index is 12.7. The molecule has 3 aromatic rings. The number of benzene rings is 1. The van der Waals surface area contributed by atoms with Gasteiger partial charge in [-0.15, -0.1) is 0 Å². The molecule has 1 unspecified atom stereocenters. The Balaban J connectivity index is 1.79.